The number of hydrogen-bond donors (Lipinski definition) is 2. The van der Waals surface area contributed by atoms with Crippen LogP contribution in [0.3, 0.4) is 0 Å². The first-order valence-corrected chi connectivity index (χ1v) is 5.14. The highest BCUT2D eigenvalue weighted by Gasteiger charge is 2.34. The van der Waals surface area contributed by atoms with Gasteiger partial charge in [0.1, 0.15) is 5.69 Å². The number of rotatable bonds is 3. The molecule has 0 saturated carbocycles. The van der Waals surface area contributed by atoms with Gasteiger partial charge in [0.2, 0.25) is 0 Å². The summed E-state index contributed by atoms with van der Waals surface area (Å²) in [5, 5.41) is 14.1. The number of fused-ring (bicyclic) bond motifs is 1. The Hall–Kier alpha value is -2.05. The minimum atomic E-state index is -4.47. The Kier molecular flexibility index (Phi) is 2.98. The van der Waals surface area contributed by atoms with Crippen LogP contribution in [0.15, 0.2) is 18.2 Å². The second-order valence-corrected chi connectivity index (χ2v) is 3.84. The summed E-state index contributed by atoms with van der Waals surface area (Å²) in [6.07, 6.45) is -4.28. The number of benzene rings is 1. The summed E-state index contributed by atoms with van der Waals surface area (Å²) < 4.78 is 37.7. The van der Waals surface area contributed by atoms with Crippen molar-refractivity contribution in [1.29, 1.82) is 0 Å². The molecule has 96 valence electrons. The first kappa shape index (κ1) is 12.4. The molecule has 7 heteroatoms. The molecule has 0 unspecified atom stereocenters. The molecule has 0 spiro atoms. The van der Waals surface area contributed by atoms with E-state index in [9.17, 15) is 18.0 Å². The summed E-state index contributed by atoms with van der Waals surface area (Å²) in [5.74, 6) is -0.951. The molecule has 0 amide bonds. The topological polar surface area (TPSA) is 66.0 Å². The summed E-state index contributed by atoms with van der Waals surface area (Å²) in [6, 6.07) is 4.25. The van der Waals surface area contributed by atoms with Gasteiger partial charge < -0.3 is 5.11 Å². The molecule has 0 bridgehead atoms. The number of aliphatic carboxylic acids is 1. The third-order valence-electron chi connectivity index (χ3n) is 2.53. The predicted molar refractivity (Wildman–Crippen MR) is 57.1 cm³/mol. The second-order valence-electron chi connectivity index (χ2n) is 3.84. The fourth-order valence-corrected chi connectivity index (χ4v) is 1.68. The van der Waals surface area contributed by atoms with Gasteiger partial charge in [0.15, 0.2) is 0 Å². The van der Waals surface area contributed by atoms with E-state index in [0.717, 1.165) is 0 Å². The van der Waals surface area contributed by atoms with Crippen LogP contribution in [-0.2, 0) is 17.4 Å². The van der Waals surface area contributed by atoms with Gasteiger partial charge >= 0.3 is 12.1 Å². The summed E-state index contributed by atoms with van der Waals surface area (Å²) >= 11 is 0. The number of aromatic nitrogens is 2. The molecule has 18 heavy (non-hydrogen) atoms. The van der Waals surface area contributed by atoms with E-state index in [2.05, 4.69) is 5.10 Å². The fraction of sp³-hybridized carbons (Fsp3) is 0.273. The van der Waals surface area contributed by atoms with Gasteiger partial charge in [-0.25, -0.2) is 0 Å². The van der Waals surface area contributed by atoms with E-state index in [0.29, 0.717) is 5.56 Å². The van der Waals surface area contributed by atoms with Gasteiger partial charge in [-0.2, -0.15) is 18.3 Å². The van der Waals surface area contributed by atoms with Crippen LogP contribution >= 0.6 is 0 Å². The Bertz CT molecular complexity index is 589. The van der Waals surface area contributed by atoms with E-state index in [1.165, 1.54) is 18.2 Å². The van der Waals surface area contributed by atoms with Crippen molar-refractivity contribution >= 4 is 16.9 Å². The number of carboxylic acid groups (broad SMARTS) is 1. The lowest BCUT2D eigenvalue weighted by molar-refractivity contribution is -0.140. The number of hydrogen-bond acceptors (Lipinski definition) is 2. The molecule has 0 saturated heterocycles. The number of aryl methyl sites for hydroxylation is 1. The third-order valence-corrected chi connectivity index (χ3v) is 2.53. The summed E-state index contributed by atoms with van der Waals surface area (Å²) in [5.41, 5.74) is -0.0578. The zero-order valence-corrected chi connectivity index (χ0v) is 9.08. The monoisotopic (exact) mass is 258 g/mol. The zero-order valence-electron chi connectivity index (χ0n) is 9.08. The van der Waals surface area contributed by atoms with Crippen molar-refractivity contribution in [2.24, 2.45) is 0 Å². The maximum absolute atomic E-state index is 12.6. The van der Waals surface area contributed by atoms with Gasteiger partial charge in [0, 0.05) is 11.8 Å². The smallest absolute Gasteiger partial charge is 0.433 e. The SMILES string of the molecule is O=C(O)CCc1ccc2c(C(F)(F)F)[nH]nc2c1. The molecule has 0 aliphatic heterocycles. The minimum Gasteiger partial charge on any atom is -0.481 e. The molecule has 1 aromatic carbocycles. The molecule has 2 aromatic rings. The molecule has 1 aromatic heterocycles. The number of nitrogens with one attached hydrogen (secondary N) is 1. The lowest BCUT2D eigenvalue weighted by Crippen LogP contribution is -2.05. The molecule has 0 radical (unpaired) electrons. The maximum Gasteiger partial charge on any atom is 0.433 e. The quantitative estimate of drug-likeness (QED) is 0.889. The number of carbonyl (C=O) groups is 1. The van der Waals surface area contributed by atoms with E-state index in [-0.39, 0.29) is 23.7 Å². The van der Waals surface area contributed by atoms with E-state index in [4.69, 9.17) is 5.11 Å². The zero-order chi connectivity index (χ0) is 13.3. The van der Waals surface area contributed by atoms with Gasteiger partial charge in [0.25, 0.3) is 0 Å². The van der Waals surface area contributed by atoms with Gasteiger partial charge in [0.05, 0.1) is 5.52 Å². The van der Waals surface area contributed by atoms with Crippen molar-refractivity contribution in [3.8, 4) is 0 Å². The molecular formula is C11H9F3N2O2. The van der Waals surface area contributed by atoms with E-state index < -0.39 is 17.8 Å². The minimum absolute atomic E-state index is 0.0124. The van der Waals surface area contributed by atoms with Crippen LogP contribution in [0.1, 0.15) is 17.7 Å². The number of nitrogens with zero attached hydrogens (tertiary/aromatic N) is 1. The molecule has 0 aliphatic carbocycles. The van der Waals surface area contributed by atoms with Crippen LogP contribution < -0.4 is 0 Å². The van der Waals surface area contributed by atoms with E-state index >= 15 is 0 Å². The normalized spacial score (nSPS) is 11.9. The molecule has 1 heterocycles. The largest absolute Gasteiger partial charge is 0.481 e. The van der Waals surface area contributed by atoms with Crippen molar-refractivity contribution in [1.82, 2.24) is 10.2 Å². The van der Waals surface area contributed by atoms with Gasteiger partial charge in [-0.15, -0.1) is 0 Å². The predicted octanol–water partition coefficient (Wildman–Crippen LogP) is 2.60. The second kappa shape index (κ2) is 4.32. The number of carboxylic acids is 1. The average molecular weight is 258 g/mol. The van der Waals surface area contributed by atoms with Crippen molar-refractivity contribution in [3.63, 3.8) is 0 Å². The van der Waals surface area contributed by atoms with Crippen molar-refractivity contribution in [2.75, 3.05) is 0 Å². The van der Waals surface area contributed by atoms with E-state index in [1.807, 2.05) is 5.10 Å². The highest BCUT2D eigenvalue weighted by Crippen LogP contribution is 2.33. The highest BCUT2D eigenvalue weighted by molar-refractivity contribution is 5.82. The fourth-order valence-electron chi connectivity index (χ4n) is 1.68. The maximum atomic E-state index is 12.6. The van der Waals surface area contributed by atoms with Crippen LogP contribution in [0.2, 0.25) is 0 Å². The number of aromatic amines is 1. The average Bonchev–Trinajstić information content (AvgIpc) is 2.68. The third kappa shape index (κ3) is 2.44. The summed E-state index contributed by atoms with van der Waals surface area (Å²) in [7, 11) is 0. The number of alkyl halides is 3. The number of halogens is 3. The van der Waals surface area contributed by atoms with Crippen molar-refractivity contribution in [3.05, 3.63) is 29.5 Å². The van der Waals surface area contributed by atoms with Crippen LogP contribution in [0.25, 0.3) is 10.9 Å². The Morgan fingerprint density at radius 3 is 2.72 bits per heavy atom. The molecule has 0 aliphatic rings. The Labute approximate surface area is 99.4 Å². The molecule has 2 N–H and O–H groups in total. The van der Waals surface area contributed by atoms with E-state index in [1.54, 1.807) is 0 Å². The van der Waals surface area contributed by atoms with Crippen LogP contribution in [0, 0.1) is 0 Å². The summed E-state index contributed by atoms with van der Waals surface area (Å²) in [4.78, 5) is 10.4. The van der Waals surface area contributed by atoms with Gasteiger partial charge in [-0.3, -0.25) is 9.89 Å². The molecule has 0 fully saturated rings. The summed E-state index contributed by atoms with van der Waals surface area (Å²) in [6.45, 7) is 0. The molecule has 2 rings (SSSR count). The first-order chi connectivity index (χ1) is 8.38. The molecular weight excluding hydrogens is 249 g/mol. The highest BCUT2D eigenvalue weighted by atomic mass is 19.4. The van der Waals surface area contributed by atoms with Gasteiger partial charge in [-0.1, -0.05) is 12.1 Å². The van der Waals surface area contributed by atoms with Gasteiger partial charge in [-0.05, 0) is 18.1 Å². The van der Waals surface area contributed by atoms with Crippen LogP contribution in [0.4, 0.5) is 13.2 Å². The van der Waals surface area contributed by atoms with Crippen molar-refractivity contribution in [2.45, 2.75) is 19.0 Å². The van der Waals surface area contributed by atoms with Crippen molar-refractivity contribution < 1.29 is 23.1 Å². The van der Waals surface area contributed by atoms with Crippen LogP contribution in [-0.4, -0.2) is 21.3 Å². The number of H-pyrrole nitrogens is 1. The molecule has 4 nitrogen and oxygen atoms in total. The standard InChI is InChI=1S/C11H9F3N2O2/c12-11(13,14)10-7-3-1-6(2-4-9(17)18)5-8(7)15-16-10/h1,3,5H,2,4H2,(H,15,16)(H,17,18). The Morgan fingerprint density at radius 2 is 2.11 bits per heavy atom. The first-order valence-electron chi connectivity index (χ1n) is 5.14. The Balaban J connectivity index is 2.34. The lowest BCUT2D eigenvalue weighted by atomic mass is 10.1. The lowest BCUT2D eigenvalue weighted by Gasteiger charge is -2.03. The molecule has 0 atom stereocenters. The Morgan fingerprint density at radius 1 is 1.39 bits per heavy atom. The van der Waals surface area contributed by atoms with Crippen LogP contribution in [0.5, 0.6) is 0 Å².